The number of rotatable bonds is 7. The highest BCUT2D eigenvalue weighted by Crippen LogP contribution is 2.21. The van der Waals surface area contributed by atoms with Crippen molar-refractivity contribution in [2.45, 2.75) is 39.7 Å². The Morgan fingerprint density at radius 2 is 2.18 bits per heavy atom. The van der Waals surface area contributed by atoms with Gasteiger partial charge < -0.3 is 16.8 Å². The molecule has 0 fully saturated rings. The molecule has 1 rings (SSSR count). The van der Waals surface area contributed by atoms with E-state index in [9.17, 15) is 4.79 Å². The first kappa shape index (κ1) is 13.3. The molecule has 0 atom stereocenters. The van der Waals surface area contributed by atoms with Crippen molar-refractivity contribution < 1.29 is 4.79 Å². The van der Waals surface area contributed by atoms with Crippen molar-refractivity contribution in [2.24, 2.45) is 5.73 Å². The van der Waals surface area contributed by atoms with Crippen LogP contribution in [-0.2, 0) is 11.3 Å². The minimum atomic E-state index is -0.251. The van der Waals surface area contributed by atoms with Crippen molar-refractivity contribution in [1.29, 1.82) is 0 Å². The molecule has 17 heavy (non-hydrogen) atoms. The van der Waals surface area contributed by atoms with E-state index in [1.54, 1.807) is 0 Å². The number of aryl methyl sites for hydroxylation is 2. The van der Waals surface area contributed by atoms with E-state index in [4.69, 9.17) is 11.5 Å². The van der Waals surface area contributed by atoms with Crippen molar-refractivity contribution in [3.63, 3.8) is 0 Å². The van der Waals surface area contributed by atoms with Gasteiger partial charge >= 0.3 is 0 Å². The first-order valence-electron chi connectivity index (χ1n) is 5.91. The van der Waals surface area contributed by atoms with Gasteiger partial charge in [-0.3, -0.25) is 4.79 Å². The third-order valence-corrected chi connectivity index (χ3v) is 2.62. The van der Waals surface area contributed by atoms with E-state index in [0.717, 1.165) is 37.4 Å². The van der Waals surface area contributed by atoms with Gasteiger partial charge in [-0.1, -0.05) is 0 Å². The molecule has 0 aliphatic rings. The number of anilines is 2. The van der Waals surface area contributed by atoms with Gasteiger partial charge in [-0.2, -0.15) is 5.10 Å². The molecule has 0 unspecified atom stereocenters. The van der Waals surface area contributed by atoms with E-state index in [1.165, 1.54) is 0 Å². The van der Waals surface area contributed by atoms with Crippen LogP contribution in [0.4, 0.5) is 11.5 Å². The molecule has 0 saturated heterocycles. The van der Waals surface area contributed by atoms with Crippen molar-refractivity contribution in [3.8, 4) is 0 Å². The lowest BCUT2D eigenvalue weighted by Gasteiger charge is -2.08. The van der Waals surface area contributed by atoms with E-state index in [0.29, 0.717) is 12.1 Å². The van der Waals surface area contributed by atoms with Crippen LogP contribution in [0.1, 0.15) is 31.9 Å². The zero-order chi connectivity index (χ0) is 12.8. The number of primary amides is 1. The standard InChI is InChI=1S/C11H21N5O/c1-3-16-11(10(13)8(2)15-16)14-7-5-4-6-9(12)17/h14H,3-7,13H2,1-2H3,(H2,12,17). The number of nitrogens with zero attached hydrogens (tertiary/aromatic N) is 2. The number of amides is 1. The fourth-order valence-electron chi connectivity index (χ4n) is 1.64. The molecule has 0 spiro atoms. The largest absolute Gasteiger partial charge is 0.394 e. The molecule has 0 aromatic carbocycles. The van der Waals surface area contributed by atoms with Gasteiger partial charge in [0, 0.05) is 19.5 Å². The summed E-state index contributed by atoms with van der Waals surface area (Å²) in [5.41, 5.74) is 12.5. The summed E-state index contributed by atoms with van der Waals surface area (Å²) in [6, 6.07) is 0. The molecule has 6 nitrogen and oxygen atoms in total. The average molecular weight is 239 g/mol. The van der Waals surface area contributed by atoms with Crippen molar-refractivity contribution >= 4 is 17.4 Å². The zero-order valence-corrected chi connectivity index (χ0v) is 10.5. The minimum Gasteiger partial charge on any atom is -0.394 e. The van der Waals surface area contributed by atoms with Gasteiger partial charge in [0.15, 0.2) is 0 Å². The molecule has 1 heterocycles. The average Bonchev–Trinajstić information content (AvgIpc) is 2.55. The van der Waals surface area contributed by atoms with Crippen molar-refractivity contribution in [3.05, 3.63) is 5.69 Å². The molecule has 5 N–H and O–H groups in total. The Morgan fingerprint density at radius 1 is 1.47 bits per heavy atom. The summed E-state index contributed by atoms with van der Waals surface area (Å²) in [4.78, 5) is 10.6. The third kappa shape index (κ3) is 3.65. The molecular formula is C11H21N5O. The predicted octanol–water partition coefficient (Wildman–Crippen LogP) is 0.861. The number of nitrogens with one attached hydrogen (secondary N) is 1. The molecule has 0 saturated carbocycles. The fraction of sp³-hybridized carbons (Fsp3) is 0.636. The summed E-state index contributed by atoms with van der Waals surface area (Å²) >= 11 is 0. The van der Waals surface area contributed by atoms with E-state index < -0.39 is 0 Å². The predicted molar refractivity (Wildman–Crippen MR) is 68.6 cm³/mol. The Balaban J connectivity index is 2.43. The maximum atomic E-state index is 10.6. The molecule has 1 aromatic heterocycles. The van der Waals surface area contributed by atoms with Gasteiger partial charge in [0.05, 0.1) is 11.4 Å². The van der Waals surface area contributed by atoms with E-state index in [2.05, 4.69) is 10.4 Å². The van der Waals surface area contributed by atoms with Gasteiger partial charge in [-0.15, -0.1) is 0 Å². The van der Waals surface area contributed by atoms with E-state index in [-0.39, 0.29) is 5.91 Å². The second-order valence-electron chi connectivity index (χ2n) is 4.01. The number of unbranched alkanes of at least 4 members (excludes halogenated alkanes) is 1. The number of nitrogens with two attached hydrogens (primary N) is 2. The summed E-state index contributed by atoms with van der Waals surface area (Å²) in [5.74, 6) is 0.614. The second kappa shape index (κ2) is 6.12. The van der Waals surface area contributed by atoms with Gasteiger partial charge in [-0.05, 0) is 26.7 Å². The number of aromatic nitrogens is 2. The molecule has 6 heteroatoms. The Morgan fingerprint density at radius 3 is 2.76 bits per heavy atom. The molecule has 1 amide bonds. The Bertz CT molecular complexity index is 385. The maximum Gasteiger partial charge on any atom is 0.217 e. The summed E-state index contributed by atoms with van der Waals surface area (Å²) in [6.45, 7) is 5.45. The SMILES string of the molecule is CCn1nc(C)c(N)c1NCCCCC(N)=O. The van der Waals surface area contributed by atoms with Crippen LogP contribution in [0.3, 0.4) is 0 Å². The lowest BCUT2D eigenvalue weighted by atomic mass is 10.2. The monoisotopic (exact) mass is 239 g/mol. The van der Waals surface area contributed by atoms with Gasteiger partial charge in [0.25, 0.3) is 0 Å². The van der Waals surface area contributed by atoms with Crippen LogP contribution in [-0.4, -0.2) is 22.2 Å². The van der Waals surface area contributed by atoms with Gasteiger partial charge in [-0.25, -0.2) is 4.68 Å². The lowest BCUT2D eigenvalue weighted by Crippen LogP contribution is -2.12. The van der Waals surface area contributed by atoms with E-state index in [1.807, 2.05) is 18.5 Å². The number of carbonyl (C=O) groups is 1. The molecule has 1 aromatic rings. The lowest BCUT2D eigenvalue weighted by molar-refractivity contribution is -0.118. The van der Waals surface area contributed by atoms with Crippen LogP contribution in [0.5, 0.6) is 0 Å². The van der Waals surface area contributed by atoms with Crippen molar-refractivity contribution in [1.82, 2.24) is 9.78 Å². The third-order valence-electron chi connectivity index (χ3n) is 2.62. The van der Waals surface area contributed by atoms with Gasteiger partial charge in [0.2, 0.25) is 5.91 Å². The summed E-state index contributed by atoms with van der Waals surface area (Å²) in [5, 5.41) is 7.56. The molecule has 96 valence electrons. The minimum absolute atomic E-state index is 0.251. The van der Waals surface area contributed by atoms with Crippen LogP contribution >= 0.6 is 0 Å². The van der Waals surface area contributed by atoms with Crippen LogP contribution in [0.15, 0.2) is 0 Å². The van der Waals surface area contributed by atoms with Crippen molar-refractivity contribution in [2.75, 3.05) is 17.6 Å². The number of hydrogen-bond acceptors (Lipinski definition) is 4. The highest BCUT2D eigenvalue weighted by molar-refractivity contribution is 5.73. The first-order valence-corrected chi connectivity index (χ1v) is 5.91. The maximum absolute atomic E-state index is 10.6. The topological polar surface area (TPSA) is 99.0 Å². The second-order valence-corrected chi connectivity index (χ2v) is 4.01. The highest BCUT2D eigenvalue weighted by Gasteiger charge is 2.10. The zero-order valence-electron chi connectivity index (χ0n) is 10.5. The molecular weight excluding hydrogens is 218 g/mol. The first-order chi connectivity index (χ1) is 8.06. The molecule has 0 radical (unpaired) electrons. The van der Waals surface area contributed by atoms with Gasteiger partial charge in [0.1, 0.15) is 5.82 Å². The quantitative estimate of drug-likeness (QED) is 0.614. The molecule has 0 aliphatic heterocycles. The Labute approximate surface area is 101 Å². The fourth-order valence-corrected chi connectivity index (χ4v) is 1.64. The van der Waals surface area contributed by atoms with Crippen LogP contribution < -0.4 is 16.8 Å². The smallest absolute Gasteiger partial charge is 0.217 e. The molecule has 0 aliphatic carbocycles. The highest BCUT2D eigenvalue weighted by atomic mass is 16.1. The Hall–Kier alpha value is -1.72. The normalized spacial score (nSPS) is 10.5. The number of carbonyl (C=O) groups excluding carboxylic acids is 1. The van der Waals surface area contributed by atoms with Crippen LogP contribution in [0, 0.1) is 6.92 Å². The number of nitrogen functional groups attached to an aromatic ring is 1. The molecule has 0 bridgehead atoms. The number of hydrogen-bond donors (Lipinski definition) is 3. The van der Waals surface area contributed by atoms with Crippen LogP contribution in [0.2, 0.25) is 0 Å². The van der Waals surface area contributed by atoms with Crippen LogP contribution in [0.25, 0.3) is 0 Å². The summed E-state index contributed by atoms with van der Waals surface area (Å²) < 4.78 is 1.85. The Kier molecular flexibility index (Phi) is 4.81. The van der Waals surface area contributed by atoms with E-state index >= 15 is 0 Å². The summed E-state index contributed by atoms with van der Waals surface area (Å²) in [7, 11) is 0. The summed E-state index contributed by atoms with van der Waals surface area (Å²) in [6.07, 6.45) is 2.11.